The first-order chi connectivity index (χ1) is 11.5. The predicted octanol–water partition coefficient (Wildman–Crippen LogP) is 5.36. The Bertz CT molecular complexity index is 737. The third-order valence-electron chi connectivity index (χ3n) is 4.64. The van der Waals surface area contributed by atoms with Crippen LogP contribution in [0.5, 0.6) is 0 Å². The van der Waals surface area contributed by atoms with Crippen molar-refractivity contribution in [3.63, 3.8) is 0 Å². The lowest BCUT2D eigenvalue weighted by Gasteiger charge is -2.35. The first kappa shape index (κ1) is 17.3. The number of aromatic nitrogens is 1. The van der Waals surface area contributed by atoms with E-state index in [0.29, 0.717) is 32.6 Å². The van der Waals surface area contributed by atoms with Gasteiger partial charge in [-0.05, 0) is 44.7 Å². The zero-order valence-corrected chi connectivity index (χ0v) is 15.3. The fourth-order valence-corrected chi connectivity index (χ4v) is 3.93. The second-order valence-electron chi connectivity index (χ2n) is 6.12. The van der Waals surface area contributed by atoms with Crippen LogP contribution in [0.3, 0.4) is 0 Å². The van der Waals surface area contributed by atoms with Crippen LogP contribution in [-0.4, -0.2) is 28.6 Å². The summed E-state index contributed by atoms with van der Waals surface area (Å²) in [6.07, 6.45) is 4.16. The fraction of sp³-hybridized carbons (Fsp3) is 0.444. The van der Waals surface area contributed by atoms with Crippen molar-refractivity contribution in [1.82, 2.24) is 10.1 Å². The molecule has 1 atom stereocenters. The van der Waals surface area contributed by atoms with E-state index >= 15 is 0 Å². The van der Waals surface area contributed by atoms with Crippen molar-refractivity contribution in [3.8, 4) is 11.3 Å². The average molecular weight is 367 g/mol. The Morgan fingerprint density at radius 3 is 2.71 bits per heavy atom. The Kier molecular flexibility index (Phi) is 5.16. The van der Waals surface area contributed by atoms with Gasteiger partial charge in [0.1, 0.15) is 17.0 Å². The first-order valence-corrected chi connectivity index (χ1v) is 9.01. The molecule has 1 fully saturated rings. The number of likely N-dealkylation sites (tertiary alicyclic amines) is 1. The zero-order chi connectivity index (χ0) is 17.3. The summed E-state index contributed by atoms with van der Waals surface area (Å²) in [5.74, 6) is 0.442. The lowest BCUT2D eigenvalue weighted by atomic mass is 9.97. The van der Waals surface area contributed by atoms with Crippen molar-refractivity contribution in [3.05, 3.63) is 39.6 Å². The van der Waals surface area contributed by atoms with Crippen molar-refractivity contribution in [1.29, 1.82) is 0 Å². The lowest BCUT2D eigenvalue weighted by Crippen LogP contribution is -2.43. The summed E-state index contributed by atoms with van der Waals surface area (Å²) in [5.41, 5.74) is 1.44. The molecule has 1 aromatic heterocycles. The number of hydrogen-bond acceptors (Lipinski definition) is 3. The van der Waals surface area contributed by atoms with E-state index in [0.717, 1.165) is 32.2 Å². The van der Waals surface area contributed by atoms with Crippen LogP contribution < -0.4 is 0 Å². The van der Waals surface area contributed by atoms with Gasteiger partial charge in [-0.2, -0.15) is 0 Å². The van der Waals surface area contributed by atoms with Crippen molar-refractivity contribution in [2.24, 2.45) is 0 Å². The third kappa shape index (κ3) is 3.05. The second kappa shape index (κ2) is 7.16. The molecular formula is C18H20Cl2N2O2. The molecule has 128 valence electrons. The molecule has 0 unspecified atom stereocenters. The minimum Gasteiger partial charge on any atom is -0.360 e. The van der Waals surface area contributed by atoms with Gasteiger partial charge in [-0.15, -0.1) is 0 Å². The maximum Gasteiger partial charge on any atom is 0.259 e. The second-order valence-corrected chi connectivity index (χ2v) is 6.93. The van der Waals surface area contributed by atoms with E-state index in [-0.39, 0.29) is 11.9 Å². The molecule has 1 saturated heterocycles. The molecule has 3 rings (SSSR count). The predicted molar refractivity (Wildman–Crippen MR) is 95.7 cm³/mol. The summed E-state index contributed by atoms with van der Waals surface area (Å²) in [7, 11) is 0. The van der Waals surface area contributed by atoms with E-state index in [9.17, 15) is 4.79 Å². The molecule has 1 aromatic carbocycles. The van der Waals surface area contributed by atoms with Crippen LogP contribution in [0, 0.1) is 6.92 Å². The van der Waals surface area contributed by atoms with Gasteiger partial charge in [0.05, 0.1) is 10.0 Å². The lowest BCUT2D eigenvalue weighted by molar-refractivity contribution is 0.0607. The molecule has 0 spiro atoms. The van der Waals surface area contributed by atoms with E-state index in [4.69, 9.17) is 27.7 Å². The molecule has 0 aliphatic carbocycles. The molecule has 2 aromatic rings. The maximum atomic E-state index is 13.2. The molecule has 0 saturated carbocycles. The molecule has 0 radical (unpaired) electrons. The number of piperidine rings is 1. The standard InChI is InChI=1S/C18H20Cl2N2O2/c1-3-12-7-4-5-10-22(12)18(23)15-11(2)24-21-17(15)16-13(19)8-6-9-14(16)20/h6,8-9,12H,3-5,7,10H2,1-2H3/t12-/m1/s1. The smallest absolute Gasteiger partial charge is 0.259 e. The van der Waals surface area contributed by atoms with Crippen LogP contribution in [0.4, 0.5) is 0 Å². The topological polar surface area (TPSA) is 46.3 Å². The van der Waals surface area contributed by atoms with E-state index in [1.807, 2.05) is 4.90 Å². The molecule has 1 aliphatic rings. The molecule has 2 heterocycles. The Morgan fingerprint density at radius 1 is 1.33 bits per heavy atom. The number of halogens is 2. The fourth-order valence-electron chi connectivity index (χ4n) is 3.35. The highest BCUT2D eigenvalue weighted by Gasteiger charge is 2.32. The van der Waals surface area contributed by atoms with E-state index in [1.54, 1.807) is 25.1 Å². The van der Waals surface area contributed by atoms with Gasteiger partial charge >= 0.3 is 0 Å². The highest BCUT2D eigenvalue weighted by Crippen LogP contribution is 2.37. The summed E-state index contributed by atoms with van der Waals surface area (Å²) in [4.78, 5) is 15.1. The normalized spacial score (nSPS) is 18.0. The third-order valence-corrected chi connectivity index (χ3v) is 5.27. The van der Waals surface area contributed by atoms with Gasteiger partial charge in [0.2, 0.25) is 0 Å². The molecule has 6 heteroatoms. The number of carbonyl (C=O) groups is 1. The van der Waals surface area contributed by atoms with Crippen LogP contribution in [0.25, 0.3) is 11.3 Å². The largest absolute Gasteiger partial charge is 0.360 e. The summed E-state index contributed by atoms with van der Waals surface area (Å²) in [5, 5.41) is 4.99. The average Bonchev–Trinajstić information content (AvgIpc) is 2.95. The number of benzene rings is 1. The van der Waals surface area contributed by atoms with Crippen LogP contribution in [0.15, 0.2) is 22.7 Å². The monoisotopic (exact) mass is 366 g/mol. The number of hydrogen-bond donors (Lipinski definition) is 0. The van der Waals surface area contributed by atoms with E-state index in [1.165, 1.54) is 0 Å². The number of rotatable bonds is 3. The van der Waals surface area contributed by atoms with Crippen molar-refractivity contribution >= 4 is 29.1 Å². The molecule has 0 N–H and O–H groups in total. The highest BCUT2D eigenvalue weighted by molar-refractivity contribution is 6.39. The molecule has 24 heavy (non-hydrogen) atoms. The molecule has 0 bridgehead atoms. The van der Waals surface area contributed by atoms with Gasteiger partial charge in [-0.25, -0.2) is 0 Å². The summed E-state index contributed by atoms with van der Waals surface area (Å²) < 4.78 is 5.33. The zero-order valence-electron chi connectivity index (χ0n) is 13.8. The Labute approximate surface area is 151 Å². The van der Waals surface area contributed by atoms with Crippen molar-refractivity contribution < 1.29 is 9.32 Å². The van der Waals surface area contributed by atoms with Gasteiger partial charge in [0.15, 0.2) is 0 Å². The Balaban J connectivity index is 2.06. The SMILES string of the molecule is CC[C@@H]1CCCCN1C(=O)c1c(-c2c(Cl)cccc2Cl)noc1C. The quantitative estimate of drug-likeness (QED) is 0.734. The van der Waals surface area contributed by atoms with Crippen LogP contribution in [0.2, 0.25) is 10.0 Å². The first-order valence-electron chi connectivity index (χ1n) is 8.26. The number of carbonyl (C=O) groups excluding carboxylic acids is 1. The molecular weight excluding hydrogens is 347 g/mol. The van der Waals surface area contributed by atoms with Gasteiger partial charge in [-0.1, -0.05) is 41.3 Å². The van der Waals surface area contributed by atoms with Crippen LogP contribution >= 0.6 is 23.2 Å². The van der Waals surface area contributed by atoms with Crippen molar-refractivity contribution in [2.45, 2.75) is 45.6 Å². The molecule has 1 aliphatic heterocycles. The number of aryl methyl sites for hydroxylation is 1. The van der Waals surface area contributed by atoms with Crippen LogP contribution in [-0.2, 0) is 0 Å². The summed E-state index contributed by atoms with van der Waals surface area (Å²) >= 11 is 12.6. The maximum absolute atomic E-state index is 13.2. The number of nitrogens with zero attached hydrogens (tertiary/aromatic N) is 2. The minimum absolute atomic E-state index is 0.0497. The Morgan fingerprint density at radius 2 is 2.04 bits per heavy atom. The summed E-state index contributed by atoms with van der Waals surface area (Å²) in [6, 6.07) is 5.49. The molecule has 4 nitrogen and oxygen atoms in total. The molecule has 1 amide bonds. The van der Waals surface area contributed by atoms with Gasteiger partial charge in [0.25, 0.3) is 5.91 Å². The van der Waals surface area contributed by atoms with E-state index in [2.05, 4.69) is 12.1 Å². The van der Waals surface area contributed by atoms with E-state index < -0.39 is 0 Å². The van der Waals surface area contributed by atoms with Crippen LogP contribution in [0.1, 0.15) is 48.7 Å². The summed E-state index contributed by atoms with van der Waals surface area (Å²) in [6.45, 7) is 4.62. The Hall–Kier alpha value is -1.52. The van der Waals surface area contributed by atoms with Gasteiger partial charge in [-0.3, -0.25) is 4.79 Å². The number of amides is 1. The minimum atomic E-state index is -0.0497. The van der Waals surface area contributed by atoms with Gasteiger partial charge < -0.3 is 9.42 Å². The highest BCUT2D eigenvalue weighted by atomic mass is 35.5. The van der Waals surface area contributed by atoms with Gasteiger partial charge in [0, 0.05) is 18.2 Å². The van der Waals surface area contributed by atoms with Crippen molar-refractivity contribution in [2.75, 3.05) is 6.54 Å².